The van der Waals surface area contributed by atoms with Crippen molar-refractivity contribution in [3.63, 3.8) is 0 Å². The lowest BCUT2D eigenvalue weighted by molar-refractivity contribution is -0.116. The second-order valence-electron chi connectivity index (χ2n) is 2.28. The predicted octanol–water partition coefficient (Wildman–Crippen LogP) is 0.0217. The average molecular weight is 139 g/mol. The van der Waals surface area contributed by atoms with Crippen LogP contribution in [0.25, 0.3) is 0 Å². The molecular formula is C7H9NO2. The maximum Gasteiger partial charge on any atom is 0.247 e. The molecule has 1 N–H and O–H groups in total. The van der Waals surface area contributed by atoms with Gasteiger partial charge in [0.15, 0.2) is 0 Å². The highest BCUT2D eigenvalue weighted by atomic mass is 16.2. The lowest BCUT2D eigenvalue weighted by Gasteiger charge is -1.90. The van der Waals surface area contributed by atoms with Crippen molar-refractivity contribution in [3.05, 3.63) is 11.1 Å². The maximum absolute atomic E-state index is 10.8. The van der Waals surface area contributed by atoms with E-state index in [-0.39, 0.29) is 5.91 Å². The molecule has 0 aromatic heterocycles. The van der Waals surface area contributed by atoms with Gasteiger partial charge in [0.05, 0.1) is 0 Å². The number of rotatable bonds is 2. The zero-order chi connectivity index (χ0) is 7.56. The fourth-order valence-electron chi connectivity index (χ4n) is 0.939. The summed E-state index contributed by atoms with van der Waals surface area (Å²) >= 11 is 0. The molecule has 0 aliphatic carbocycles. The number of carbonyl (C=O) groups excluding carboxylic acids is 2. The monoisotopic (exact) mass is 139 g/mol. The van der Waals surface area contributed by atoms with Crippen LogP contribution in [0.3, 0.4) is 0 Å². The van der Waals surface area contributed by atoms with Crippen molar-refractivity contribution >= 4 is 12.2 Å². The molecule has 1 aliphatic rings. The molecule has 0 radical (unpaired) electrons. The van der Waals surface area contributed by atoms with Gasteiger partial charge in [-0.25, -0.2) is 0 Å². The summed E-state index contributed by atoms with van der Waals surface area (Å²) in [6.45, 7) is 2.28. The normalized spacial score (nSPS) is 17.5. The van der Waals surface area contributed by atoms with Crippen LogP contribution in [0.15, 0.2) is 11.1 Å². The molecule has 0 fully saturated rings. The second-order valence-corrected chi connectivity index (χ2v) is 2.28. The Hall–Kier alpha value is -1.12. The minimum atomic E-state index is -0.0446. The Morgan fingerprint density at radius 2 is 2.40 bits per heavy atom. The summed E-state index contributed by atoms with van der Waals surface area (Å²) < 4.78 is 0. The van der Waals surface area contributed by atoms with E-state index in [1.54, 1.807) is 6.92 Å². The Morgan fingerprint density at radius 3 is 2.80 bits per heavy atom. The van der Waals surface area contributed by atoms with Crippen molar-refractivity contribution in [1.29, 1.82) is 0 Å². The van der Waals surface area contributed by atoms with E-state index in [9.17, 15) is 9.59 Å². The molecule has 1 aliphatic heterocycles. The molecule has 1 heterocycles. The third-order valence-corrected chi connectivity index (χ3v) is 1.66. The highest BCUT2D eigenvalue weighted by Crippen LogP contribution is 2.11. The van der Waals surface area contributed by atoms with E-state index in [1.807, 2.05) is 0 Å². The Labute approximate surface area is 59.1 Å². The number of hydrogen-bond donors (Lipinski definition) is 1. The lowest BCUT2D eigenvalue weighted by atomic mass is 10.1. The molecule has 0 saturated carbocycles. The van der Waals surface area contributed by atoms with Gasteiger partial charge in [-0.15, -0.1) is 0 Å². The third kappa shape index (κ3) is 1.07. The fourth-order valence-corrected chi connectivity index (χ4v) is 0.939. The minimum Gasteiger partial charge on any atom is -0.349 e. The molecule has 0 unspecified atom stereocenters. The Balaban J connectivity index is 2.74. The van der Waals surface area contributed by atoms with Crippen molar-refractivity contribution in [1.82, 2.24) is 5.32 Å². The molecule has 0 atom stereocenters. The summed E-state index contributed by atoms with van der Waals surface area (Å²) in [5.41, 5.74) is 1.62. The smallest absolute Gasteiger partial charge is 0.247 e. The molecule has 0 aromatic carbocycles. The Morgan fingerprint density at radius 1 is 1.70 bits per heavy atom. The first-order chi connectivity index (χ1) is 4.75. The lowest BCUT2D eigenvalue weighted by Crippen LogP contribution is -2.16. The van der Waals surface area contributed by atoms with Crippen LogP contribution in [0.2, 0.25) is 0 Å². The summed E-state index contributed by atoms with van der Waals surface area (Å²) in [5, 5.41) is 2.63. The van der Waals surface area contributed by atoms with Crippen LogP contribution in [-0.2, 0) is 9.59 Å². The SMILES string of the molecule is CC1=C(CC=O)CNC1=O. The maximum atomic E-state index is 10.8. The van der Waals surface area contributed by atoms with Gasteiger partial charge in [0, 0.05) is 18.5 Å². The number of carbonyl (C=O) groups is 2. The van der Waals surface area contributed by atoms with Gasteiger partial charge in [0.1, 0.15) is 6.29 Å². The molecule has 0 saturated heterocycles. The van der Waals surface area contributed by atoms with Gasteiger partial charge in [-0.1, -0.05) is 0 Å². The van der Waals surface area contributed by atoms with E-state index in [2.05, 4.69) is 5.32 Å². The third-order valence-electron chi connectivity index (χ3n) is 1.66. The Bertz CT molecular complexity index is 206. The van der Waals surface area contributed by atoms with Gasteiger partial charge < -0.3 is 10.1 Å². The van der Waals surface area contributed by atoms with Crippen molar-refractivity contribution in [2.45, 2.75) is 13.3 Å². The molecule has 0 bridgehead atoms. The number of amides is 1. The van der Waals surface area contributed by atoms with E-state index in [0.717, 1.165) is 11.9 Å². The van der Waals surface area contributed by atoms with Crippen LogP contribution in [0.5, 0.6) is 0 Å². The van der Waals surface area contributed by atoms with E-state index < -0.39 is 0 Å². The molecule has 0 aromatic rings. The zero-order valence-electron chi connectivity index (χ0n) is 5.81. The number of nitrogens with one attached hydrogen (secondary N) is 1. The molecule has 1 amide bonds. The van der Waals surface area contributed by atoms with Gasteiger partial charge in [-0.3, -0.25) is 4.79 Å². The largest absolute Gasteiger partial charge is 0.349 e. The van der Waals surface area contributed by atoms with Gasteiger partial charge in [-0.2, -0.15) is 0 Å². The topological polar surface area (TPSA) is 46.2 Å². The van der Waals surface area contributed by atoms with Crippen molar-refractivity contribution in [2.75, 3.05) is 6.54 Å². The summed E-state index contributed by atoms with van der Waals surface area (Å²) in [4.78, 5) is 20.8. The number of hydrogen-bond acceptors (Lipinski definition) is 2. The zero-order valence-corrected chi connectivity index (χ0v) is 5.81. The average Bonchev–Trinajstić information content (AvgIpc) is 2.20. The second kappa shape index (κ2) is 2.64. The quantitative estimate of drug-likeness (QED) is 0.548. The first kappa shape index (κ1) is 6.99. The standard InChI is InChI=1S/C7H9NO2/c1-5-6(2-3-9)4-8-7(5)10/h3H,2,4H2,1H3,(H,8,10). The van der Waals surface area contributed by atoms with Crippen LogP contribution in [0.4, 0.5) is 0 Å². The van der Waals surface area contributed by atoms with Crippen molar-refractivity contribution < 1.29 is 9.59 Å². The van der Waals surface area contributed by atoms with Crippen LogP contribution < -0.4 is 5.32 Å². The molecule has 3 nitrogen and oxygen atoms in total. The van der Waals surface area contributed by atoms with Crippen LogP contribution >= 0.6 is 0 Å². The molecule has 1 rings (SSSR count). The summed E-state index contributed by atoms with van der Waals surface area (Å²) in [6.07, 6.45) is 1.20. The highest BCUT2D eigenvalue weighted by molar-refractivity contribution is 5.96. The van der Waals surface area contributed by atoms with Gasteiger partial charge in [-0.05, 0) is 12.5 Å². The van der Waals surface area contributed by atoms with Gasteiger partial charge in [0.25, 0.3) is 0 Å². The predicted molar refractivity (Wildman–Crippen MR) is 36.4 cm³/mol. The van der Waals surface area contributed by atoms with Gasteiger partial charge in [0.2, 0.25) is 5.91 Å². The fraction of sp³-hybridized carbons (Fsp3) is 0.429. The van der Waals surface area contributed by atoms with Crippen LogP contribution in [-0.4, -0.2) is 18.7 Å². The molecular weight excluding hydrogens is 130 g/mol. The summed E-state index contributed by atoms with van der Waals surface area (Å²) in [6, 6.07) is 0. The van der Waals surface area contributed by atoms with E-state index in [1.165, 1.54) is 0 Å². The van der Waals surface area contributed by atoms with Gasteiger partial charge >= 0.3 is 0 Å². The van der Waals surface area contributed by atoms with E-state index in [4.69, 9.17) is 0 Å². The first-order valence-electron chi connectivity index (χ1n) is 3.16. The molecule has 54 valence electrons. The Kier molecular flexibility index (Phi) is 1.85. The van der Waals surface area contributed by atoms with Crippen molar-refractivity contribution in [2.24, 2.45) is 0 Å². The molecule has 0 spiro atoms. The minimum absolute atomic E-state index is 0.0446. The van der Waals surface area contributed by atoms with Crippen LogP contribution in [0, 0.1) is 0 Å². The number of aldehydes is 1. The summed E-state index contributed by atoms with van der Waals surface area (Å²) in [7, 11) is 0. The molecule has 3 heteroatoms. The molecule has 10 heavy (non-hydrogen) atoms. The first-order valence-corrected chi connectivity index (χ1v) is 3.16. The summed E-state index contributed by atoms with van der Waals surface area (Å²) in [5.74, 6) is -0.0446. The van der Waals surface area contributed by atoms with E-state index >= 15 is 0 Å². The highest BCUT2D eigenvalue weighted by Gasteiger charge is 2.16. The van der Waals surface area contributed by atoms with E-state index in [0.29, 0.717) is 18.5 Å². The van der Waals surface area contributed by atoms with Crippen molar-refractivity contribution in [3.8, 4) is 0 Å². The van der Waals surface area contributed by atoms with Crippen LogP contribution in [0.1, 0.15) is 13.3 Å².